The van der Waals surface area contributed by atoms with Crippen molar-refractivity contribution in [2.75, 3.05) is 38.1 Å². The molecule has 1 atom stereocenters. The summed E-state index contributed by atoms with van der Waals surface area (Å²) in [6.45, 7) is 1.59. The Bertz CT molecular complexity index is 1900. The molecule has 1 saturated heterocycles. The van der Waals surface area contributed by atoms with E-state index in [0.717, 1.165) is 5.56 Å². The molecular weight excluding hydrogens is 629 g/mol. The van der Waals surface area contributed by atoms with Crippen LogP contribution in [0.15, 0.2) is 67.0 Å². The number of nitrogens with zero attached hydrogens (tertiary/aromatic N) is 7. The van der Waals surface area contributed by atoms with E-state index in [-0.39, 0.29) is 53.0 Å². The Labute approximate surface area is 273 Å². The molecule has 12 nitrogen and oxygen atoms in total. The first-order valence-electron chi connectivity index (χ1n) is 14.8. The maximum Gasteiger partial charge on any atom is 0.335 e. The van der Waals surface area contributed by atoms with Gasteiger partial charge in [0, 0.05) is 43.4 Å². The van der Waals surface area contributed by atoms with Gasteiger partial charge in [0.05, 0.1) is 22.8 Å². The van der Waals surface area contributed by atoms with Crippen molar-refractivity contribution in [3.63, 3.8) is 0 Å². The summed E-state index contributed by atoms with van der Waals surface area (Å²) in [5.74, 6) is -2.76. The van der Waals surface area contributed by atoms with Gasteiger partial charge >= 0.3 is 5.97 Å². The van der Waals surface area contributed by atoms with Crippen LogP contribution in [0.2, 0.25) is 5.02 Å². The fourth-order valence-corrected chi connectivity index (χ4v) is 6.20. The summed E-state index contributed by atoms with van der Waals surface area (Å²) < 4.78 is 16.5. The minimum absolute atomic E-state index is 0.0205. The van der Waals surface area contributed by atoms with Crippen molar-refractivity contribution in [1.82, 2.24) is 30.0 Å². The van der Waals surface area contributed by atoms with Crippen LogP contribution in [0.1, 0.15) is 38.7 Å². The number of amides is 2. The van der Waals surface area contributed by atoms with Crippen LogP contribution in [0, 0.1) is 5.82 Å². The lowest BCUT2D eigenvalue weighted by Gasteiger charge is -2.39. The van der Waals surface area contributed by atoms with Gasteiger partial charge in [0.2, 0.25) is 11.8 Å². The fourth-order valence-electron chi connectivity index (χ4n) is 6.03. The van der Waals surface area contributed by atoms with E-state index in [1.54, 1.807) is 29.2 Å². The number of halogens is 2. The lowest BCUT2D eigenvalue weighted by atomic mass is 9.86. The first-order valence-corrected chi connectivity index (χ1v) is 15.2. The molecule has 0 spiro atoms. The first-order chi connectivity index (χ1) is 22.6. The first kappa shape index (κ1) is 31.7. The second-order valence-electron chi connectivity index (χ2n) is 11.3. The van der Waals surface area contributed by atoms with Gasteiger partial charge in [-0.1, -0.05) is 35.9 Å². The second kappa shape index (κ2) is 13.2. The van der Waals surface area contributed by atoms with Crippen molar-refractivity contribution >= 4 is 46.9 Å². The molecule has 0 saturated carbocycles. The van der Waals surface area contributed by atoms with E-state index >= 15 is 4.39 Å². The molecule has 4 aromatic rings. The zero-order chi connectivity index (χ0) is 33.2. The monoisotopic (exact) mass is 657 g/mol. The zero-order valence-electron chi connectivity index (χ0n) is 25.2. The third-order valence-electron chi connectivity index (χ3n) is 8.36. The number of carboxylic acids is 1. The van der Waals surface area contributed by atoms with Crippen molar-refractivity contribution in [1.29, 1.82) is 0 Å². The number of likely N-dealkylation sites (N-methyl/N-ethyl adjacent to an activating group) is 1. The number of benzene rings is 3. The van der Waals surface area contributed by atoms with E-state index in [1.165, 1.54) is 52.3 Å². The predicted octanol–water partition coefficient (Wildman–Crippen LogP) is 3.38. The molecule has 0 bridgehead atoms. The molecule has 6 rings (SSSR count). The molecule has 0 unspecified atom stereocenters. The fraction of sp³-hybridized carbons (Fsp3) is 0.242. The van der Waals surface area contributed by atoms with Gasteiger partial charge in [0.15, 0.2) is 11.6 Å². The number of Topliss-reactive ketones (excluding diaryl/α,β-unsaturated/α-hetero) is 1. The number of aromatic carboxylic acids is 1. The molecule has 3 aromatic carbocycles. The highest BCUT2D eigenvalue weighted by Crippen LogP contribution is 2.38. The van der Waals surface area contributed by atoms with E-state index < -0.39 is 23.7 Å². The lowest BCUT2D eigenvalue weighted by molar-refractivity contribution is -0.136. The summed E-state index contributed by atoms with van der Waals surface area (Å²) in [5.41, 5.74) is 3.00. The van der Waals surface area contributed by atoms with E-state index in [4.69, 9.17) is 11.6 Å². The SMILES string of the molecule is CN1CCN(c2cccc3c2CCN(C(=O)/C=C/c2c(-n4cnnn4)ccc(Cl)c2F)[C@H]3C(=O)Cc2ccc(C(=O)O)cc2)C(=O)C1. The molecule has 2 aliphatic rings. The van der Waals surface area contributed by atoms with Gasteiger partial charge in [-0.2, -0.15) is 4.68 Å². The average molecular weight is 658 g/mol. The predicted molar refractivity (Wildman–Crippen MR) is 170 cm³/mol. The minimum atomic E-state index is -1.09. The van der Waals surface area contributed by atoms with Crippen LogP contribution in [0.3, 0.4) is 0 Å². The van der Waals surface area contributed by atoms with E-state index in [9.17, 15) is 24.3 Å². The summed E-state index contributed by atoms with van der Waals surface area (Å²) >= 11 is 6.06. The molecule has 0 radical (unpaired) electrons. The van der Waals surface area contributed by atoms with Crippen LogP contribution >= 0.6 is 11.6 Å². The van der Waals surface area contributed by atoms with Gasteiger partial charge in [-0.05, 0) is 77.0 Å². The van der Waals surface area contributed by atoms with Gasteiger partial charge in [-0.15, -0.1) is 5.10 Å². The Morgan fingerprint density at radius 2 is 1.83 bits per heavy atom. The summed E-state index contributed by atoms with van der Waals surface area (Å²) in [7, 11) is 1.88. The molecule has 1 N–H and O–H groups in total. The maximum absolute atomic E-state index is 15.2. The Hall–Kier alpha value is -5.27. The highest BCUT2D eigenvalue weighted by atomic mass is 35.5. The minimum Gasteiger partial charge on any atom is -0.478 e. The summed E-state index contributed by atoms with van der Waals surface area (Å²) in [6.07, 6.45) is 4.04. The molecule has 14 heteroatoms. The van der Waals surface area contributed by atoms with Crippen molar-refractivity contribution in [2.45, 2.75) is 18.9 Å². The smallest absolute Gasteiger partial charge is 0.335 e. The highest BCUT2D eigenvalue weighted by molar-refractivity contribution is 6.31. The number of aromatic nitrogens is 4. The van der Waals surface area contributed by atoms with Crippen LogP contribution < -0.4 is 4.90 Å². The number of piperazine rings is 1. The van der Waals surface area contributed by atoms with Crippen LogP contribution in [-0.4, -0.2) is 91.9 Å². The number of ketones is 1. The number of fused-ring (bicyclic) bond motifs is 1. The average Bonchev–Trinajstić information content (AvgIpc) is 3.60. The molecule has 2 amide bonds. The maximum atomic E-state index is 15.2. The Balaban J connectivity index is 1.37. The van der Waals surface area contributed by atoms with Crippen LogP contribution in [0.5, 0.6) is 0 Å². The largest absolute Gasteiger partial charge is 0.478 e. The number of carbonyl (C=O) groups is 4. The van der Waals surface area contributed by atoms with Crippen molar-refractivity contribution in [2.24, 2.45) is 0 Å². The van der Waals surface area contributed by atoms with Gasteiger partial charge in [0.25, 0.3) is 0 Å². The lowest BCUT2D eigenvalue weighted by Crippen LogP contribution is -2.50. The van der Waals surface area contributed by atoms with Crippen molar-refractivity contribution in [3.05, 3.63) is 106 Å². The van der Waals surface area contributed by atoms with Gasteiger partial charge < -0.3 is 14.9 Å². The standard InChI is InChI=1S/C33H29ClFN7O5/c1-39-15-16-40(30(45)18-39)26-4-2-3-23-22(26)13-14-41(32(23)28(43)17-20-5-7-21(8-6-20)33(46)47)29(44)12-9-24-27(42-19-36-37-38-42)11-10-25(34)31(24)35/h2-12,19,32H,13-18H2,1H3,(H,46,47)/b12-9+/t32-/m1/s1. The molecule has 47 heavy (non-hydrogen) atoms. The van der Waals surface area contributed by atoms with E-state index in [0.29, 0.717) is 36.3 Å². The third kappa shape index (κ3) is 6.40. The van der Waals surface area contributed by atoms with Crippen LogP contribution in [-0.2, 0) is 27.2 Å². The van der Waals surface area contributed by atoms with Crippen molar-refractivity contribution < 1.29 is 28.7 Å². The molecule has 2 aliphatic heterocycles. The Morgan fingerprint density at radius 3 is 2.53 bits per heavy atom. The number of rotatable bonds is 8. The number of hydrogen-bond acceptors (Lipinski definition) is 8. The van der Waals surface area contributed by atoms with Crippen LogP contribution in [0.4, 0.5) is 10.1 Å². The summed E-state index contributed by atoms with van der Waals surface area (Å²) in [5, 5.41) is 20.1. The Kier molecular flexibility index (Phi) is 8.92. The zero-order valence-corrected chi connectivity index (χ0v) is 26.0. The molecule has 1 aromatic heterocycles. The normalized spacial score (nSPS) is 16.8. The number of carbonyl (C=O) groups excluding carboxylic acids is 3. The molecule has 3 heterocycles. The van der Waals surface area contributed by atoms with E-state index in [2.05, 4.69) is 15.5 Å². The molecule has 0 aliphatic carbocycles. The highest BCUT2D eigenvalue weighted by Gasteiger charge is 2.37. The van der Waals surface area contributed by atoms with Gasteiger partial charge in [-0.25, -0.2) is 9.18 Å². The number of carboxylic acid groups (broad SMARTS) is 1. The van der Waals surface area contributed by atoms with E-state index in [1.807, 2.05) is 18.0 Å². The number of hydrogen-bond donors (Lipinski definition) is 1. The topological polar surface area (TPSA) is 142 Å². The molecule has 1 fully saturated rings. The second-order valence-corrected chi connectivity index (χ2v) is 11.7. The number of anilines is 1. The molecule has 240 valence electrons. The number of tetrazole rings is 1. The quantitative estimate of drug-likeness (QED) is 0.282. The third-order valence-corrected chi connectivity index (χ3v) is 8.66. The van der Waals surface area contributed by atoms with Gasteiger partial charge in [-0.3, -0.25) is 19.3 Å². The molecular formula is C33H29ClFN7O5. The summed E-state index contributed by atoms with van der Waals surface area (Å²) in [6, 6.07) is 13.2. The van der Waals surface area contributed by atoms with Gasteiger partial charge in [0.1, 0.15) is 12.4 Å². The summed E-state index contributed by atoms with van der Waals surface area (Å²) in [4.78, 5) is 57.5. The Morgan fingerprint density at radius 1 is 1.04 bits per heavy atom. The van der Waals surface area contributed by atoms with Crippen LogP contribution in [0.25, 0.3) is 11.8 Å². The van der Waals surface area contributed by atoms with Crippen molar-refractivity contribution in [3.8, 4) is 5.69 Å².